The Bertz CT molecular complexity index is 358. The van der Waals surface area contributed by atoms with Gasteiger partial charge >= 0.3 is 5.97 Å². The van der Waals surface area contributed by atoms with Crippen LogP contribution < -0.4 is 11.1 Å². The number of nitrogens with two attached hydrogens (primary N) is 1. The van der Waals surface area contributed by atoms with E-state index in [2.05, 4.69) is 26.1 Å². The molecule has 5 nitrogen and oxygen atoms in total. The van der Waals surface area contributed by atoms with Crippen LogP contribution in [0.1, 0.15) is 66.7 Å². The minimum Gasteiger partial charge on any atom is -0.481 e. The maximum Gasteiger partial charge on any atom is 0.303 e. The summed E-state index contributed by atoms with van der Waals surface area (Å²) in [6, 6.07) is -0.520. The maximum atomic E-state index is 12.0. The summed E-state index contributed by atoms with van der Waals surface area (Å²) < 4.78 is 0. The molecule has 0 aromatic heterocycles. The average Bonchev–Trinajstić information content (AvgIpc) is 2.46. The number of carbonyl (C=O) groups excluding carboxylic acids is 1. The second-order valence-electron chi connectivity index (χ2n) is 7.32. The highest BCUT2D eigenvalue weighted by Crippen LogP contribution is 2.27. The van der Waals surface area contributed by atoms with Crippen LogP contribution >= 0.6 is 0 Å². The molecule has 4 N–H and O–H groups in total. The number of rotatable bonds is 12. The van der Waals surface area contributed by atoms with Crippen molar-refractivity contribution in [3.63, 3.8) is 0 Å². The molecule has 4 unspecified atom stereocenters. The third-order valence-corrected chi connectivity index (χ3v) is 4.69. The second kappa shape index (κ2) is 11.4. The molecule has 0 rings (SSSR count). The Morgan fingerprint density at radius 2 is 1.78 bits per heavy atom. The molecule has 0 saturated heterocycles. The van der Waals surface area contributed by atoms with Gasteiger partial charge in [-0.2, -0.15) is 0 Å². The van der Waals surface area contributed by atoms with Gasteiger partial charge in [0.05, 0.1) is 12.5 Å². The molecule has 0 aliphatic heterocycles. The Morgan fingerprint density at radius 3 is 2.26 bits per heavy atom. The molecule has 0 aromatic rings. The third kappa shape index (κ3) is 9.59. The number of nitrogens with one attached hydrogen (secondary N) is 1. The standard InChI is InChI=1S/C18H36N2O3/c1-6-7-8-13(4)14(5)15(10-17(21)22)11-20-18(23)16(19)9-12(2)3/h12-16H,6-11,19H2,1-5H3,(H,20,23)(H,21,22). The van der Waals surface area contributed by atoms with Crippen LogP contribution in [0.4, 0.5) is 0 Å². The summed E-state index contributed by atoms with van der Waals surface area (Å²) in [6.45, 7) is 10.8. The van der Waals surface area contributed by atoms with Gasteiger partial charge in [-0.25, -0.2) is 0 Å². The fraction of sp³-hybridized carbons (Fsp3) is 0.889. The quantitative estimate of drug-likeness (QED) is 0.513. The van der Waals surface area contributed by atoms with Crippen LogP contribution in [0.3, 0.4) is 0 Å². The molecule has 0 aromatic carbocycles. The summed E-state index contributed by atoms with van der Waals surface area (Å²) in [4.78, 5) is 23.2. The summed E-state index contributed by atoms with van der Waals surface area (Å²) >= 11 is 0. The molecule has 23 heavy (non-hydrogen) atoms. The van der Waals surface area contributed by atoms with E-state index < -0.39 is 12.0 Å². The van der Waals surface area contributed by atoms with Gasteiger partial charge in [0, 0.05) is 6.54 Å². The fourth-order valence-corrected chi connectivity index (χ4v) is 2.90. The number of carboxylic acids is 1. The van der Waals surface area contributed by atoms with Crippen molar-refractivity contribution in [1.82, 2.24) is 5.32 Å². The van der Waals surface area contributed by atoms with E-state index in [9.17, 15) is 9.59 Å². The van der Waals surface area contributed by atoms with Crippen molar-refractivity contribution in [1.29, 1.82) is 0 Å². The van der Waals surface area contributed by atoms with Crippen LogP contribution in [0.25, 0.3) is 0 Å². The van der Waals surface area contributed by atoms with Crippen LogP contribution in [0.5, 0.6) is 0 Å². The van der Waals surface area contributed by atoms with Gasteiger partial charge in [-0.15, -0.1) is 0 Å². The van der Waals surface area contributed by atoms with Crippen molar-refractivity contribution < 1.29 is 14.7 Å². The van der Waals surface area contributed by atoms with E-state index in [0.717, 1.165) is 19.3 Å². The van der Waals surface area contributed by atoms with Gasteiger partial charge in [-0.05, 0) is 30.1 Å². The van der Waals surface area contributed by atoms with Gasteiger partial charge in [-0.1, -0.05) is 53.9 Å². The molecule has 0 bridgehead atoms. The summed E-state index contributed by atoms with van der Waals surface area (Å²) in [7, 11) is 0. The largest absolute Gasteiger partial charge is 0.481 e. The number of unbranched alkanes of at least 4 members (excludes halogenated alkanes) is 1. The SMILES string of the molecule is CCCCC(C)C(C)C(CNC(=O)C(N)CC(C)C)CC(=O)O. The Labute approximate surface area is 141 Å². The monoisotopic (exact) mass is 328 g/mol. The first-order chi connectivity index (χ1) is 10.7. The number of hydrogen-bond donors (Lipinski definition) is 3. The highest BCUT2D eigenvalue weighted by molar-refractivity contribution is 5.81. The molecular weight excluding hydrogens is 292 g/mol. The van der Waals surface area contributed by atoms with E-state index in [1.54, 1.807) is 0 Å². The van der Waals surface area contributed by atoms with E-state index >= 15 is 0 Å². The summed E-state index contributed by atoms with van der Waals surface area (Å²) in [6.07, 6.45) is 4.10. The Hall–Kier alpha value is -1.10. The zero-order valence-corrected chi connectivity index (χ0v) is 15.5. The lowest BCUT2D eigenvalue weighted by atomic mass is 9.79. The predicted octanol–water partition coefficient (Wildman–Crippen LogP) is 3.03. The second-order valence-corrected chi connectivity index (χ2v) is 7.32. The van der Waals surface area contributed by atoms with E-state index in [1.807, 2.05) is 13.8 Å². The Kier molecular flexibility index (Phi) is 10.9. The molecule has 0 aliphatic rings. The molecule has 1 amide bonds. The highest BCUT2D eigenvalue weighted by atomic mass is 16.4. The molecular formula is C18H36N2O3. The van der Waals surface area contributed by atoms with Gasteiger partial charge in [0.15, 0.2) is 0 Å². The van der Waals surface area contributed by atoms with Gasteiger partial charge < -0.3 is 16.2 Å². The lowest BCUT2D eigenvalue weighted by Crippen LogP contribution is -2.44. The average molecular weight is 328 g/mol. The van der Waals surface area contributed by atoms with Crippen molar-refractivity contribution in [2.45, 2.75) is 72.8 Å². The lowest BCUT2D eigenvalue weighted by molar-refractivity contribution is -0.139. The summed E-state index contributed by atoms with van der Waals surface area (Å²) in [5.41, 5.74) is 5.88. The molecule has 5 heteroatoms. The molecule has 0 aliphatic carbocycles. The molecule has 0 heterocycles. The number of carbonyl (C=O) groups is 2. The van der Waals surface area contributed by atoms with Crippen molar-refractivity contribution in [3.8, 4) is 0 Å². The van der Waals surface area contributed by atoms with Gasteiger partial charge in [-0.3, -0.25) is 9.59 Å². The lowest BCUT2D eigenvalue weighted by Gasteiger charge is -2.28. The van der Waals surface area contributed by atoms with Gasteiger partial charge in [0.1, 0.15) is 0 Å². The first kappa shape index (κ1) is 21.9. The first-order valence-corrected chi connectivity index (χ1v) is 8.94. The molecule has 4 atom stereocenters. The maximum absolute atomic E-state index is 12.0. The Balaban J connectivity index is 4.60. The number of amides is 1. The Morgan fingerprint density at radius 1 is 1.17 bits per heavy atom. The van der Waals surface area contributed by atoms with E-state index in [-0.39, 0.29) is 24.2 Å². The van der Waals surface area contributed by atoms with Crippen LogP contribution in [0.2, 0.25) is 0 Å². The molecule has 0 radical (unpaired) electrons. The van der Waals surface area contributed by atoms with Crippen molar-refractivity contribution in [2.24, 2.45) is 29.4 Å². The molecule has 0 saturated carbocycles. The van der Waals surface area contributed by atoms with Gasteiger partial charge in [0.25, 0.3) is 0 Å². The minimum absolute atomic E-state index is 0.0606. The van der Waals surface area contributed by atoms with E-state index in [0.29, 0.717) is 24.8 Å². The zero-order valence-electron chi connectivity index (χ0n) is 15.5. The smallest absolute Gasteiger partial charge is 0.303 e. The van der Waals surface area contributed by atoms with Crippen molar-refractivity contribution in [3.05, 3.63) is 0 Å². The van der Waals surface area contributed by atoms with Gasteiger partial charge in [0.2, 0.25) is 5.91 Å². The summed E-state index contributed by atoms with van der Waals surface area (Å²) in [5, 5.41) is 12.0. The van der Waals surface area contributed by atoms with Crippen LogP contribution in [0, 0.1) is 23.7 Å². The summed E-state index contributed by atoms with van der Waals surface area (Å²) in [5.74, 6) is 0.000643. The fourth-order valence-electron chi connectivity index (χ4n) is 2.90. The molecule has 0 spiro atoms. The predicted molar refractivity (Wildman–Crippen MR) is 94.0 cm³/mol. The van der Waals surface area contributed by atoms with Crippen LogP contribution in [-0.4, -0.2) is 29.6 Å². The van der Waals surface area contributed by atoms with E-state index in [1.165, 1.54) is 0 Å². The number of carboxylic acid groups (broad SMARTS) is 1. The number of hydrogen-bond acceptors (Lipinski definition) is 3. The van der Waals surface area contributed by atoms with Crippen LogP contribution in [0.15, 0.2) is 0 Å². The highest BCUT2D eigenvalue weighted by Gasteiger charge is 2.26. The number of aliphatic carboxylic acids is 1. The van der Waals surface area contributed by atoms with Crippen molar-refractivity contribution >= 4 is 11.9 Å². The molecule has 0 fully saturated rings. The van der Waals surface area contributed by atoms with E-state index in [4.69, 9.17) is 10.8 Å². The third-order valence-electron chi connectivity index (χ3n) is 4.69. The normalized spacial score (nSPS) is 16.7. The first-order valence-electron chi connectivity index (χ1n) is 8.94. The zero-order chi connectivity index (χ0) is 18.0. The van der Waals surface area contributed by atoms with Crippen molar-refractivity contribution in [2.75, 3.05) is 6.54 Å². The topological polar surface area (TPSA) is 92.4 Å². The van der Waals surface area contributed by atoms with Crippen LogP contribution in [-0.2, 0) is 9.59 Å². The molecule has 136 valence electrons. The minimum atomic E-state index is -0.815.